The van der Waals surface area contributed by atoms with E-state index in [9.17, 15) is 4.79 Å². The summed E-state index contributed by atoms with van der Waals surface area (Å²) in [5.74, 6) is 1.09. The van der Waals surface area contributed by atoms with Gasteiger partial charge in [0.25, 0.3) is 5.91 Å². The normalized spacial score (nSPS) is 18.2. The quantitative estimate of drug-likeness (QED) is 0.555. The van der Waals surface area contributed by atoms with Crippen molar-refractivity contribution in [2.75, 3.05) is 5.75 Å². The van der Waals surface area contributed by atoms with Crippen LogP contribution in [0.1, 0.15) is 55.6 Å². The molecule has 0 saturated carbocycles. The number of thioether (sulfide) groups is 2. The van der Waals surface area contributed by atoms with E-state index in [1.165, 1.54) is 22.3 Å². The minimum atomic E-state index is -0.394. The molecular formula is C24H27N5OS2. The van der Waals surface area contributed by atoms with Crippen LogP contribution in [0.25, 0.3) is 11.8 Å². The minimum Gasteiger partial charge on any atom is -0.318 e. The predicted octanol–water partition coefficient (Wildman–Crippen LogP) is 5.94. The van der Waals surface area contributed by atoms with Crippen molar-refractivity contribution in [3.63, 3.8) is 0 Å². The molecule has 1 aromatic heterocycles. The molecule has 32 heavy (non-hydrogen) atoms. The van der Waals surface area contributed by atoms with Crippen LogP contribution in [0.3, 0.4) is 0 Å². The number of aryl methyl sites for hydroxylation is 1. The molecule has 1 amide bonds. The van der Waals surface area contributed by atoms with E-state index in [4.69, 9.17) is 5.41 Å². The summed E-state index contributed by atoms with van der Waals surface area (Å²) >= 11 is 2.92. The van der Waals surface area contributed by atoms with Gasteiger partial charge in [0.05, 0.1) is 5.57 Å². The Labute approximate surface area is 197 Å². The smallest absolute Gasteiger partial charge is 0.283 e. The van der Waals surface area contributed by atoms with Gasteiger partial charge < -0.3 is 4.57 Å². The first-order valence-corrected chi connectivity index (χ1v) is 12.6. The Kier molecular flexibility index (Phi) is 6.44. The van der Waals surface area contributed by atoms with Crippen LogP contribution in [0.15, 0.2) is 46.0 Å². The second-order valence-corrected chi connectivity index (χ2v) is 10.3. The van der Waals surface area contributed by atoms with Gasteiger partial charge in [0.2, 0.25) is 5.17 Å². The van der Waals surface area contributed by atoms with Gasteiger partial charge in [0.15, 0.2) is 10.2 Å². The lowest BCUT2D eigenvalue weighted by Gasteiger charge is -2.20. The molecule has 4 rings (SSSR count). The average Bonchev–Trinajstić information content (AvgIpc) is 3.30. The van der Waals surface area contributed by atoms with Crippen LogP contribution in [0.5, 0.6) is 0 Å². The third kappa shape index (κ3) is 4.09. The molecular weight excluding hydrogens is 438 g/mol. The number of benzene rings is 1. The first-order chi connectivity index (χ1) is 15.3. The first-order valence-electron chi connectivity index (χ1n) is 10.8. The first kappa shape index (κ1) is 22.6. The number of aliphatic imine (C=N–C) groups is 1. The monoisotopic (exact) mass is 465 g/mol. The maximum atomic E-state index is 12.7. The lowest BCUT2D eigenvalue weighted by molar-refractivity contribution is -0.114. The number of carbonyl (C=O) groups is 1. The van der Waals surface area contributed by atoms with Crippen molar-refractivity contribution >= 4 is 50.9 Å². The van der Waals surface area contributed by atoms with E-state index in [0.29, 0.717) is 11.1 Å². The summed E-state index contributed by atoms with van der Waals surface area (Å²) in [6, 6.07) is 10.7. The molecule has 8 heteroatoms. The zero-order chi connectivity index (χ0) is 23.0. The number of hydrogen-bond donors (Lipinski definition) is 1. The van der Waals surface area contributed by atoms with Crippen LogP contribution in [-0.2, 0) is 4.79 Å². The van der Waals surface area contributed by atoms with Crippen molar-refractivity contribution in [1.82, 2.24) is 9.58 Å². The largest absolute Gasteiger partial charge is 0.318 e. The molecule has 0 radical (unpaired) electrons. The highest BCUT2D eigenvalue weighted by Gasteiger charge is 2.35. The van der Waals surface area contributed by atoms with E-state index < -0.39 is 5.91 Å². The van der Waals surface area contributed by atoms with E-state index in [1.807, 2.05) is 19.9 Å². The summed E-state index contributed by atoms with van der Waals surface area (Å²) in [6.45, 7) is 10.6. The van der Waals surface area contributed by atoms with E-state index >= 15 is 0 Å². The zero-order valence-corrected chi connectivity index (χ0v) is 20.6. The Bertz CT molecular complexity index is 1170. The second-order valence-electron chi connectivity index (χ2n) is 7.88. The van der Waals surface area contributed by atoms with Crippen LogP contribution >= 0.6 is 23.5 Å². The lowest BCUT2D eigenvalue weighted by atomic mass is 9.98. The molecule has 0 unspecified atom stereocenters. The molecule has 1 N–H and O–H groups in total. The van der Waals surface area contributed by atoms with Gasteiger partial charge >= 0.3 is 0 Å². The van der Waals surface area contributed by atoms with Gasteiger partial charge in [-0.15, -0.1) is 5.10 Å². The predicted molar refractivity (Wildman–Crippen MR) is 137 cm³/mol. The summed E-state index contributed by atoms with van der Waals surface area (Å²) in [5, 5.41) is 14.9. The zero-order valence-electron chi connectivity index (χ0n) is 19.0. The second kappa shape index (κ2) is 9.11. The number of fused-ring (bicyclic) bond motifs is 1. The number of amidine groups is 2. The third-order valence-corrected chi connectivity index (χ3v) is 7.73. The van der Waals surface area contributed by atoms with Gasteiger partial charge in [0.1, 0.15) is 0 Å². The van der Waals surface area contributed by atoms with Crippen molar-refractivity contribution < 1.29 is 4.79 Å². The Hall–Kier alpha value is -2.58. The van der Waals surface area contributed by atoms with Crippen LogP contribution in [0.2, 0.25) is 0 Å². The summed E-state index contributed by atoms with van der Waals surface area (Å²) < 4.78 is 2.99. The van der Waals surface area contributed by atoms with Crippen LogP contribution < -0.4 is 0 Å². The number of hydrogen-bond acceptors (Lipinski definition) is 5. The molecule has 2 aromatic rings. The van der Waals surface area contributed by atoms with E-state index in [1.54, 1.807) is 17.8 Å². The van der Waals surface area contributed by atoms with Gasteiger partial charge in [-0.1, -0.05) is 44.7 Å². The fourth-order valence-corrected chi connectivity index (χ4v) is 5.66. The van der Waals surface area contributed by atoms with Crippen molar-refractivity contribution in [3.05, 3.63) is 58.4 Å². The highest BCUT2D eigenvalue weighted by molar-refractivity contribution is 8.45. The van der Waals surface area contributed by atoms with Crippen molar-refractivity contribution in [2.45, 2.75) is 47.0 Å². The van der Waals surface area contributed by atoms with Gasteiger partial charge in [-0.25, -0.2) is 0 Å². The SMILES string of the molecule is CCSC1=NN2C(=N)/C(=C/c3cc(C)n(-c4ccc([C@H](C)CC)cc4)c3C)C(=O)N=C2S1. The number of aromatic nitrogens is 1. The minimum absolute atomic E-state index is 0.0712. The number of nitrogens with one attached hydrogen (secondary N) is 1. The van der Waals surface area contributed by atoms with Crippen molar-refractivity contribution in [3.8, 4) is 5.69 Å². The summed E-state index contributed by atoms with van der Waals surface area (Å²) in [7, 11) is 0. The summed E-state index contributed by atoms with van der Waals surface area (Å²) in [4.78, 5) is 16.9. The molecule has 1 aromatic carbocycles. The average molecular weight is 466 g/mol. The highest BCUT2D eigenvalue weighted by atomic mass is 32.2. The molecule has 1 atom stereocenters. The topological polar surface area (TPSA) is 73.8 Å². The Morgan fingerprint density at radius 1 is 1.22 bits per heavy atom. The molecule has 166 valence electrons. The van der Waals surface area contributed by atoms with E-state index in [0.717, 1.165) is 39.2 Å². The molecule has 0 bridgehead atoms. The number of amides is 1. The maximum Gasteiger partial charge on any atom is 0.283 e. The number of nitrogens with zero attached hydrogens (tertiary/aromatic N) is 4. The molecule has 6 nitrogen and oxygen atoms in total. The van der Waals surface area contributed by atoms with Gasteiger partial charge in [-0.05, 0) is 79.1 Å². The molecule has 2 aliphatic rings. The Balaban J connectivity index is 1.67. The van der Waals surface area contributed by atoms with Crippen LogP contribution in [-0.4, -0.2) is 36.6 Å². The molecule has 0 aliphatic carbocycles. The highest BCUT2D eigenvalue weighted by Crippen LogP contribution is 2.33. The number of carbonyl (C=O) groups excluding carboxylic acids is 1. The summed E-state index contributed by atoms with van der Waals surface area (Å²) in [5.41, 5.74) is 5.67. The fraction of sp³-hybridized carbons (Fsp3) is 0.333. The molecule has 0 saturated heterocycles. The number of hydrazone groups is 1. The summed E-state index contributed by atoms with van der Waals surface area (Å²) in [6.07, 6.45) is 2.88. The van der Waals surface area contributed by atoms with E-state index in [-0.39, 0.29) is 11.4 Å². The third-order valence-electron chi connectivity index (χ3n) is 5.81. The molecule has 0 fully saturated rings. The maximum absolute atomic E-state index is 12.7. The molecule has 2 aliphatic heterocycles. The van der Waals surface area contributed by atoms with Gasteiger partial charge in [0, 0.05) is 17.1 Å². The van der Waals surface area contributed by atoms with Crippen LogP contribution in [0.4, 0.5) is 0 Å². The van der Waals surface area contributed by atoms with Crippen molar-refractivity contribution in [1.29, 1.82) is 5.41 Å². The fourth-order valence-electron chi connectivity index (χ4n) is 3.83. The number of rotatable bonds is 5. The lowest BCUT2D eigenvalue weighted by Crippen LogP contribution is -2.35. The van der Waals surface area contributed by atoms with Gasteiger partial charge in [-0.3, -0.25) is 10.2 Å². The van der Waals surface area contributed by atoms with Crippen molar-refractivity contribution in [2.24, 2.45) is 10.1 Å². The molecule has 0 spiro atoms. The Morgan fingerprint density at radius 3 is 2.59 bits per heavy atom. The molecule has 3 heterocycles. The Morgan fingerprint density at radius 2 is 1.94 bits per heavy atom. The van der Waals surface area contributed by atoms with Crippen LogP contribution in [0, 0.1) is 19.3 Å². The van der Waals surface area contributed by atoms with E-state index in [2.05, 4.69) is 59.7 Å². The van der Waals surface area contributed by atoms with Gasteiger partial charge in [-0.2, -0.15) is 10.0 Å². The standard InChI is InChI=1S/C24H27N5OS2/c1-6-14(3)17-8-10-19(11-9-17)28-15(4)12-18(16(28)5)13-20-21(25)29-23(26-22(20)30)32-24(27-29)31-7-2/h8-14,25H,6-7H2,1-5H3/b20-13-,25-21?/t14-/m1/s1.